The summed E-state index contributed by atoms with van der Waals surface area (Å²) in [6, 6.07) is 9.18. The highest BCUT2D eigenvalue weighted by molar-refractivity contribution is 5.79. The summed E-state index contributed by atoms with van der Waals surface area (Å²) in [5.41, 5.74) is 5.91. The van der Waals surface area contributed by atoms with Crippen LogP contribution in [0, 0.1) is 19.7 Å². The second-order valence-electron chi connectivity index (χ2n) is 8.48. The van der Waals surface area contributed by atoms with Crippen LogP contribution in [0.25, 0.3) is 22.1 Å². The van der Waals surface area contributed by atoms with Crippen LogP contribution in [-0.2, 0) is 19.5 Å². The summed E-state index contributed by atoms with van der Waals surface area (Å²) < 4.78 is 18.1. The van der Waals surface area contributed by atoms with Gasteiger partial charge in [0, 0.05) is 14.1 Å². The molecular formula is C24H29FN4. The first-order chi connectivity index (χ1) is 13.8. The zero-order valence-corrected chi connectivity index (χ0v) is 18.2. The molecule has 0 saturated carbocycles. The van der Waals surface area contributed by atoms with E-state index in [0.717, 1.165) is 53.0 Å². The Bertz CT molecular complexity index is 1220. The molecule has 0 fully saturated rings. The van der Waals surface area contributed by atoms with E-state index in [2.05, 4.69) is 51.4 Å². The third-order valence-corrected chi connectivity index (χ3v) is 6.36. The second kappa shape index (κ2) is 6.97. The highest BCUT2D eigenvalue weighted by Crippen LogP contribution is 2.38. The molecule has 152 valence electrons. The van der Waals surface area contributed by atoms with Crippen LogP contribution in [0.5, 0.6) is 0 Å². The number of nitrogens with zero attached hydrogens (tertiary/aromatic N) is 4. The molecule has 0 amide bonds. The third kappa shape index (κ3) is 3.04. The number of aryl methyl sites for hydroxylation is 4. The van der Waals surface area contributed by atoms with Crippen molar-refractivity contribution in [2.75, 3.05) is 0 Å². The van der Waals surface area contributed by atoms with Gasteiger partial charge in [-0.2, -0.15) is 0 Å². The van der Waals surface area contributed by atoms with E-state index in [1.54, 1.807) is 12.1 Å². The van der Waals surface area contributed by atoms with Crippen LogP contribution < -0.4 is 0 Å². The van der Waals surface area contributed by atoms with Crippen LogP contribution in [0.2, 0.25) is 0 Å². The summed E-state index contributed by atoms with van der Waals surface area (Å²) in [6.07, 6.45) is 3.09. The van der Waals surface area contributed by atoms with Gasteiger partial charge in [-0.25, -0.2) is 14.4 Å². The molecule has 0 aliphatic heterocycles. The standard InChI is InChI=1S/C24H29FN4/c1-7-8-11-24(4,22-26-18-10-9-17(25)14-21(18)29(22)6)23-27-19-12-15(2)16(3)13-20(19)28(23)5/h9-10,12-14H,7-8,11H2,1-6H3. The van der Waals surface area contributed by atoms with Crippen molar-refractivity contribution in [2.45, 2.75) is 52.4 Å². The number of hydrogen-bond acceptors (Lipinski definition) is 2. The second-order valence-corrected chi connectivity index (χ2v) is 8.48. The van der Waals surface area contributed by atoms with Gasteiger partial charge in [0.2, 0.25) is 0 Å². The molecule has 4 aromatic rings. The van der Waals surface area contributed by atoms with Crippen molar-refractivity contribution in [3.8, 4) is 0 Å². The average molecular weight is 393 g/mol. The summed E-state index contributed by atoms with van der Waals surface area (Å²) in [5, 5.41) is 0. The number of unbranched alkanes of at least 4 members (excludes halogenated alkanes) is 1. The fraction of sp³-hybridized carbons (Fsp3) is 0.417. The van der Waals surface area contributed by atoms with E-state index < -0.39 is 0 Å². The quantitative estimate of drug-likeness (QED) is 0.436. The number of hydrogen-bond donors (Lipinski definition) is 0. The van der Waals surface area contributed by atoms with Crippen LogP contribution in [-0.4, -0.2) is 19.1 Å². The predicted octanol–water partition coefficient (Wildman–Crippen LogP) is 5.71. The predicted molar refractivity (Wildman–Crippen MR) is 117 cm³/mol. The lowest BCUT2D eigenvalue weighted by Gasteiger charge is -2.28. The van der Waals surface area contributed by atoms with Crippen LogP contribution in [0.15, 0.2) is 30.3 Å². The van der Waals surface area contributed by atoms with Gasteiger partial charge in [0.1, 0.15) is 17.5 Å². The molecule has 2 aromatic heterocycles. The van der Waals surface area contributed by atoms with Gasteiger partial charge in [-0.3, -0.25) is 0 Å². The van der Waals surface area contributed by atoms with Crippen molar-refractivity contribution >= 4 is 22.1 Å². The molecule has 0 saturated heterocycles. The number of rotatable bonds is 5. The van der Waals surface area contributed by atoms with Crippen molar-refractivity contribution in [3.63, 3.8) is 0 Å². The van der Waals surface area contributed by atoms with E-state index in [9.17, 15) is 4.39 Å². The maximum atomic E-state index is 13.9. The molecule has 2 aromatic carbocycles. The van der Waals surface area contributed by atoms with Crippen molar-refractivity contribution in [1.29, 1.82) is 0 Å². The minimum Gasteiger partial charge on any atom is -0.330 e. The zero-order chi connectivity index (χ0) is 20.9. The van der Waals surface area contributed by atoms with E-state index >= 15 is 0 Å². The molecule has 0 aliphatic carbocycles. The van der Waals surface area contributed by atoms with Gasteiger partial charge in [0.25, 0.3) is 0 Å². The molecule has 1 unspecified atom stereocenters. The number of halogens is 1. The molecule has 0 radical (unpaired) electrons. The van der Waals surface area contributed by atoms with Crippen LogP contribution >= 0.6 is 0 Å². The number of imidazole rings is 2. The van der Waals surface area contributed by atoms with Gasteiger partial charge in [0.05, 0.1) is 27.5 Å². The minimum absolute atomic E-state index is 0.240. The van der Waals surface area contributed by atoms with Gasteiger partial charge in [-0.1, -0.05) is 19.8 Å². The summed E-state index contributed by atoms with van der Waals surface area (Å²) >= 11 is 0. The first-order valence-corrected chi connectivity index (χ1v) is 10.3. The van der Waals surface area contributed by atoms with Gasteiger partial charge < -0.3 is 9.13 Å². The Morgan fingerprint density at radius 1 is 0.897 bits per heavy atom. The Hall–Kier alpha value is -2.69. The molecule has 2 heterocycles. The smallest absolute Gasteiger partial charge is 0.125 e. The molecule has 4 rings (SSSR count). The maximum absolute atomic E-state index is 13.9. The van der Waals surface area contributed by atoms with E-state index in [-0.39, 0.29) is 11.2 Å². The summed E-state index contributed by atoms with van der Waals surface area (Å²) in [5.74, 6) is 1.69. The molecule has 29 heavy (non-hydrogen) atoms. The zero-order valence-electron chi connectivity index (χ0n) is 18.2. The van der Waals surface area contributed by atoms with E-state index in [0.29, 0.717) is 0 Å². The fourth-order valence-electron chi connectivity index (χ4n) is 4.45. The van der Waals surface area contributed by atoms with Crippen molar-refractivity contribution in [2.24, 2.45) is 14.1 Å². The lowest BCUT2D eigenvalue weighted by Crippen LogP contribution is -2.31. The SMILES string of the molecule is CCCCC(C)(c1nc2ccc(F)cc2n1C)c1nc2cc(C)c(C)cc2n1C. The minimum atomic E-state index is -0.379. The molecule has 4 nitrogen and oxygen atoms in total. The summed E-state index contributed by atoms with van der Waals surface area (Å²) in [7, 11) is 4.07. The van der Waals surface area contributed by atoms with Crippen LogP contribution in [0.4, 0.5) is 4.39 Å². The molecule has 0 N–H and O–H groups in total. The molecule has 1 atom stereocenters. The highest BCUT2D eigenvalue weighted by Gasteiger charge is 2.37. The van der Waals surface area contributed by atoms with Crippen LogP contribution in [0.1, 0.15) is 55.9 Å². The molecule has 0 spiro atoms. The van der Waals surface area contributed by atoms with E-state index in [1.807, 2.05) is 11.6 Å². The van der Waals surface area contributed by atoms with Crippen molar-refractivity contribution in [1.82, 2.24) is 19.1 Å². The Balaban J connectivity index is 1.98. The van der Waals surface area contributed by atoms with Crippen LogP contribution in [0.3, 0.4) is 0 Å². The summed E-state index contributed by atoms with van der Waals surface area (Å²) in [6.45, 7) is 8.69. The fourth-order valence-corrected chi connectivity index (χ4v) is 4.45. The number of benzene rings is 2. The Kier molecular flexibility index (Phi) is 4.72. The molecule has 5 heteroatoms. The van der Waals surface area contributed by atoms with E-state index in [1.165, 1.54) is 17.2 Å². The molecule has 0 aliphatic rings. The van der Waals surface area contributed by atoms with Gasteiger partial charge in [0.15, 0.2) is 0 Å². The van der Waals surface area contributed by atoms with E-state index in [4.69, 9.17) is 9.97 Å². The van der Waals surface area contributed by atoms with Crippen molar-refractivity contribution in [3.05, 3.63) is 58.9 Å². The Morgan fingerprint density at radius 3 is 2.14 bits per heavy atom. The monoisotopic (exact) mass is 392 g/mol. The lowest BCUT2D eigenvalue weighted by atomic mass is 9.82. The Morgan fingerprint density at radius 2 is 1.48 bits per heavy atom. The van der Waals surface area contributed by atoms with Gasteiger partial charge in [-0.15, -0.1) is 0 Å². The third-order valence-electron chi connectivity index (χ3n) is 6.36. The highest BCUT2D eigenvalue weighted by atomic mass is 19.1. The van der Waals surface area contributed by atoms with Gasteiger partial charge >= 0.3 is 0 Å². The Labute approximate surface area is 171 Å². The molecular weight excluding hydrogens is 363 g/mol. The number of fused-ring (bicyclic) bond motifs is 2. The first kappa shape index (κ1) is 19.6. The lowest BCUT2D eigenvalue weighted by molar-refractivity contribution is 0.422. The topological polar surface area (TPSA) is 35.6 Å². The molecule has 0 bridgehead atoms. The average Bonchev–Trinajstić information content (AvgIpc) is 3.19. The normalized spacial score (nSPS) is 14.0. The number of aromatic nitrogens is 4. The summed E-state index contributed by atoms with van der Waals surface area (Å²) in [4.78, 5) is 10.0. The van der Waals surface area contributed by atoms with Gasteiger partial charge in [-0.05, 0) is 68.7 Å². The van der Waals surface area contributed by atoms with Crippen molar-refractivity contribution < 1.29 is 4.39 Å². The maximum Gasteiger partial charge on any atom is 0.125 e. The first-order valence-electron chi connectivity index (χ1n) is 10.3. The largest absolute Gasteiger partial charge is 0.330 e.